The molecule has 2 nitrogen and oxygen atoms in total. The fourth-order valence-electron chi connectivity index (χ4n) is 1.99. The van der Waals surface area contributed by atoms with Crippen molar-refractivity contribution in [2.24, 2.45) is 5.92 Å². The Morgan fingerprint density at radius 1 is 1.10 bits per heavy atom. The number of ether oxygens (including phenoxy) is 1. The van der Waals surface area contributed by atoms with Crippen molar-refractivity contribution in [2.75, 3.05) is 26.8 Å². The fraction of sp³-hybridized carbons (Fsp3) is 0.600. The largest absolute Gasteiger partial charge is 0.383 e. The highest BCUT2D eigenvalue weighted by atomic mass is 19.1. The Morgan fingerprint density at radius 3 is 2.35 bits per heavy atom. The van der Waals surface area contributed by atoms with E-state index >= 15 is 0 Å². The lowest BCUT2D eigenvalue weighted by Gasteiger charge is -2.12. The molecule has 0 fully saturated rings. The summed E-state index contributed by atoms with van der Waals surface area (Å²) in [5.41, 5.74) is -0.0226. The van der Waals surface area contributed by atoms with Gasteiger partial charge in [0, 0.05) is 31.4 Å². The van der Waals surface area contributed by atoms with Gasteiger partial charge in [0.2, 0.25) is 0 Å². The van der Waals surface area contributed by atoms with Crippen LogP contribution in [0.1, 0.15) is 25.3 Å². The minimum absolute atomic E-state index is 0.0226. The maximum absolute atomic E-state index is 13.4. The Balaban J connectivity index is 2.32. The van der Waals surface area contributed by atoms with E-state index < -0.39 is 17.5 Å². The van der Waals surface area contributed by atoms with Gasteiger partial charge in [0.05, 0.1) is 6.61 Å². The van der Waals surface area contributed by atoms with Gasteiger partial charge in [-0.25, -0.2) is 13.2 Å². The average Bonchev–Trinajstić information content (AvgIpc) is 2.37. The summed E-state index contributed by atoms with van der Waals surface area (Å²) in [6.07, 6.45) is 1.89. The number of rotatable bonds is 9. The van der Waals surface area contributed by atoms with Crippen LogP contribution in [0.15, 0.2) is 12.1 Å². The fourth-order valence-corrected chi connectivity index (χ4v) is 1.99. The smallest absolute Gasteiger partial charge is 0.132 e. The van der Waals surface area contributed by atoms with Gasteiger partial charge in [0.25, 0.3) is 0 Å². The van der Waals surface area contributed by atoms with Gasteiger partial charge in [-0.3, -0.25) is 0 Å². The van der Waals surface area contributed by atoms with Crippen LogP contribution in [0.2, 0.25) is 0 Å². The van der Waals surface area contributed by atoms with Crippen LogP contribution in [0.3, 0.4) is 0 Å². The summed E-state index contributed by atoms with van der Waals surface area (Å²) in [6, 6.07) is 1.46. The zero-order valence-corrected chi connectivity index (χ0v) is 12.0. The molecule has 1 aromatic rings. The van der Waals surface area contributed by atoms with E-state index in [2.05, 4.69) is 5.32 Å². The first-order chi connectivity index (χ1) is 9.54. The van der Waals surface area contributed by atoms with Crippen molar-refractivity contribution in [2.45, 2.75) is 26.2 Å². The molecule has 1 rings (SSSR count). The number of halogens is 3. The Labute approximate surface area is 118 Å². The molecule has 0 bridgehead atoms. The maximum atomic E-state index is 13.4. The second kappa shape index (κ2) is 8.97. The third-order valence-electron chi connectivity index (χ3n) is 3.29. The highest BCUT2D eigenvalue weighted by molar-refractivity contribution is 5.20. The molecule has 0 spiro atoms. The first-order valence-corrected chi connectivity index (χ1v) is 6.87. The summed E-state index contributed by atoms with van der Waals surface area (Å²) in [6.45, 7) is 4.35. The van der Waals surface area contributed by atoms with E-state index in [0.29, 0.717) is 18.9 Å². The molecule has 0 saturated heterocycles. The minimum Gasteiger partial charge on any atom is -0.383 e. The SMILES string of the molecule is COCCNCCC(C)CCc1c(F)cc(F)cc1F. The quantitative estimate of drug-likeness (QED) is 0.704. The van der Waals surface area contributed by atoms with Crippen LogP contribution in [0.5, 0.6) is 0 Å². The molecule has 0 aliphatic heterocycles. The van der Waals surface area contributed by atoms with E-state index in [1.54, 1.807) is 7.11 Å². The number of hydrogen-bond donors (Lipinski definition) is 1. The van der Waals surface area contributed by atoms with Crippen LogP contribution >= 0.6 is 0 Å². The van der Waals surface area contributed by atoms with Crippen LogP contribution in [0.25, 0.3) is 0 Å². The van der Waals surface area contributed by atoms with E-state index in [1.165, 1.54) is 0 Å². The van der Waals surface area contributed by atoms with Gasteiger partial charge in [-0.05, 0) is 31.7 Å². The Bertz CT molecular complexity index is 389. The van der Waals surface area contributed by atoms with Crippen LogP contribution in [-0.4, -0.2) is 26.8 Å². The van der Waals surface area contributed by atoms with Crippen molar-refractivity contribution in [3.05, 3.63) is 35.1 Å². The average molecular weight is 289 g/mol. The molecule has 114 valence electrons. The van der Waals surface area contributed by atoms with Gasteiger partial charge < -0.3 is 10.1 Å². The number of methoxy groups -OCH3 is 1. The van der Waals surface area contributed by atoms with E-state index in [-0.39, 0.29) is 12.0 Å². The molecule has 20 heavy (non-hydrogen) atoms. The van der Waals surface area contributed by atoms with E-state index in [9.17, 15) is 13.2 Å². The van der Waals surface area contributed by atoms with Crippen molar-refractivity contribution in [3.8, 4) is 0 Å². The molecule has 0 amide bonds. The highest BCUT2D eigenvalue weighted by Gasteiger charge is 2.12. The molecule has 1 N–H and O–H groups in total. The lowest BCUT2D eigenvalue weighted by atomic mass is 9.97. The van der Waals surface area contributed by atoms with Crippen molar-refractivity contribution >= 4 is 0 Å². The first-order valence-electron chi connectivity index (χ1n) is 6.87. The highest BCUT2D eigenvalue weighted by Crippen LogP contribution is 2.19. The molecule has 5 heteroatoms. The summed E-state index contributed by atoms with van der Waals surface area (Å²) in [5.74, 6) is -2.13. The lowest BCUT2D eigenvalue weighted by molar-refractivity contribution is 0.199. The number of hydrogen-bond acceptors (Lipinski definition) is 2. The zero-order chi connectivity index (χ0) is 15.0. The van der Waals surface area contributed by atoms with Gasteiger partial charge in [0.15, 0.2) is 0 Å². The normalized spacial score (nSPS) is 12.7. The topological polar surface area (TPSA) is 21.3 Å². The van der Waals surface area contributed by atoms with E-state index in [0.717, 1.165) is 31.6 Å². The molecule has 1 aromatic carbocycles. The van der Waals surface area contributed by atoms with Crippen LogP contribution in [-0.2, 0) is 11.2 Å². The molecule has 0 aromatic heterocycles. The predicted octanol–water partition coefficient (Wildman–Crippen LogP) is 3.30. The Kier molecular flexibility index (Phi) is 7.62. The zero-order valence-electron chi connectivity index (χ0n) is 12.0. The van der Waals surface area contributed by atoms with Crippen LogP contribution in [0.4, 0.5) is 13.2 Å². The summed E-state index contributed by atoms with van der Waals surface area (Å²) >= 11 is 0. The van der Waals surface area contributed by atoms with Crippen molar-refractivity contribution < 1.29 is 17.9 Å². The van der Waals surface area contributed by atoms with Crippen molar-refractivity contribution in [1.82, 2.24) is 5.32 Å². The van der Waals surface area contributed by atoms with Gasteiger partial charge in [-0.15, -0.1) is 0 Å². The summed E-state index contributed by atoms with van der Waals surface area (Å²) < 4.78 is 44.6. The van der Waals surface area contributed by atoms with E-state index in [4.69, 9.17) is 4.74 Å². The van der Waals surface area contributed by atoms with Gasteiger partial charge >= 0.3 is 0 Å². The van der Waals surface area contributed by atoms with Crippen molar-refractivity contribution in [3.63, 3.8) is 0 Å². The molecule has 1 atom stereocenters. The third-order valence-corrected chi connectivity index (χ3v) is 3.29. The Hall–Kier alpha value is -1.07. The molecular formula is C15H22F3NO. The van der Waals surface area contributed by atoms with Gasteiger partial charge in [-0.1, -0.05) is 6.92 Å². The lowest BCUT2D eigenvalue weighted by Crippen LogP contribution is -2.21. The van der Waals surface area contributed by atoms with Crippen molar-refractivity contribution in [1.29, 1.82) is 0 Å². The van der Waals surface area contributed by atoms with Gasteiger partial charge in [-0.2, -0.15) is 0 Å². The molecule has 0 radical (unpaired) electrons. The molecule has 0 aliphatic rings. The molecule has 0 saturated carbocycles. The van der Waals surface area contributed by atoms with Crippen LogP contribution in [0, 0.1) is 23.4 Å². The minimum atomic E-state index is -0.876. The maximum Gasteiger partial charge on any atom is 0.132 e. The molecule has 1 unspecified atom stereocenters. The molecule has 0 aliphatic carbocycles. The third kappa shape index (κ3) is 5.92. The monoisotopic (exact) mass is 289 g/mol. The van der Waals surface area contributed by atoms with Crippen LogP contribution < -0.4 is 5.32 Å². The van der Waals surface area contributed by atoms with Gasteiger partial charge in [0.1, 0.15) is 17.5 Å². The number of nitrogens with one attached hydrogen (secondary N) is 1. The predicted molar refractivity (Wildman–Crippen MR) is 73.2 cm³/mol. The second-order valence-electron chi connectivity index (χ2n) is 5.02. The Morgan fingerprint density at radius 2 is 1.75 bits per heavy atom. The second-order valence-corrected chi connectivity index (χ2v) is 5.02. The molecular weight excluding hydrogens is 267 g/mol. The number of benzene rings is 1. The molecule has 0 heterocycles. The summed E-state index contributed by atoms with van der Waals surface area (Å²) in [5, 5.41) is 3.22. The standard InChI is InChI=1S/C15H22F3NO/c1-11(5-6-19-7-8-20-2)3-4-13-14(17)9-12(16)10-15(13)18/h9-11,19H,3-8H2,1-2H3. The summed E-state index contributed by atoms with van der Waals surface area (Å²) in [7, 11) is 1.65. The van der Waals surface area contributed by atoms with E-state index in [1.807, 2.05) is 6.92 Å². The first kappa shape index (κ1) is 17.0. The summed E-state index contributed by atoms with van der Waals surface area (Å²) in [4.78, 5) is 0.